The van der Waals surface area contributed by atoms with Gasteiger partial charge >= 0.3 is 0 Å². The molecule has 0 aromatic rings. The molecule has 0 spiro atoms. The molecular formula is C30H50O2. The Morgan fingerprint density at radius 3 is 2.22 bits per heavy atom. The lowest BCUT2D eigenvalue weighted by atomic mass is 9.33. The van der Waals surface area contributed by atoms with Crippen LogP contribution in [-0.4, -0.2) is 22.9 Å². The number of allylic oxidation sites excluding steroid dienone is 2. The first-order valence-electron chi connectivity index (χ1n) is 13.8. The summed E-state index contributed by atoms with van der Waals surface area (Å²) in [5.41, 5.74) is 3.28. The maximum Gasteiger partial charge on any atom is 0.0618 e. The maximum absolute atomic E-state index is 10.9. The third-order valence-electron chi connectivity index (χ3n) is 13.2. The molecule has 0 saturated heterocycles. The number of fused-ring (bicyclic) bond motifs is 7. The monoisotopic (exact) mass is 442 g/mol. The molecule has 0 heterocycles. The van der Waals surface area contributed by atoms with Crippen molar-refractivity contribution in [3.8, 4) is 0 Å². The second kappa shape index (κ2) is 6.87. The van der Waals surface area contributed by atoms with E-state index in [2.05, 4.69) is 54.5 Å². The van der Waals surface area contributed by atoms with Gasteiger partial charge in [0.2, 0.25) is 0 Å². The standard InChI is InChI=1S/C30H50O2/c1-25(2)14-15-26(3)16-17-29(6)20(21(26)18-25)8-9-23-27(4)12-11-24(32)28(5,19-31)22(27)10-13-30(23,29)7/h8,21-24,31-32H,9-19H2,1-7H3/t21-,22-,23-,24+,26-,27+,28+,29-,30-/m0/s1. The van der Waals surface area contributed by atoms with Crippen LogP contribution in [0.15, 0.2) is 11.6 Å². The van der Waals surface area contributed by atoms with E-state index in [0.717, 1.165) is 25.2 Å². The third-order valence-corrected chi connectivity index (χ3v) is 13.2. The number of rotatable bonds is 1. The second-order valence-corrected chi connectivity index (χ2v) is 15.1. The van der Waals surface area contributed by atoms with Crippen molar-refractivity contribution in [3.05, 3.63) is 11.6 Å². The second-order valence-electron chi connectivity index (χ2n) is 15.1. The predicted octanol–water partition coefficient (Wildman–Crippen LogP) is 7.14. The van der Waals surface area contributed by atoms with Crippen LogP contribution in [0, 0.1) is 50.2 Å². The molecule has 0 amide bonds. The molecular weight excluding hydrogens is 392 g/mol. The lowest BCUT2D eigenvalue weighted by molar-refractivity contribution is -0.215. The fourth-order valence-electron chi connectivity index (χ4n) is 10.5. The normalized spacial score (nSPS) is 56.8. The quantitative estimate of drug-likeness (QED) is 0.424. The van der Waals surface area contributed by atoms with E-state index in [9.17, 15) is 10.2 Å². The number of aliphatic hydroxyl groups is 2. The first kappa shape index (κ1) is 23.4. The highest BCUT2D eigenvalue weighted by molar-refractivity contribution is 5.33. The van der Waals surface area contributed by atoms with Gasteiger partial charge in [-0.25, -0.2) is 0 Å². The van der Waals surface area contributed by atoms with Gasteiger partial charge in [0.15, 0.2) is 0 Å². The molecule has 4 saturated carbocycles. The first-order chi connectivity index (χ1) is 14.8. The molecule has 182 valence electrons. The average molecular weight is 443 g/mol. The van der Waals surface area contributed by atoms with E-state index in [-0.39, 0.29) is 23.5 Å². The van der Waals surface area contributed by atoms with Gasteiger partial charge in [-0.15, -0.1) is 0 Å². The molecule has 0 radical (unpaired) electrons. The molecule has 0 bridgehead atoms. The summed E-state index contributed by atoms with van der Waals surface area (Å²) in [7, 11) is 0. The summed E-state index contributed by atoms with van der Waals surface area (Å²) in [6.45, 7) is 17.7. The van der Waals surface area contributed by atoms with Crippen LogP contribution in [0.4, 0.5) is 0 Å². The Labute approximate surface area is 197 Å². The molecule has 0 unspecified atom stereocenters. The van der Waals surface area contributed by atoms with Crippen LogP contribution < -0.4 is 0 Å². The molecule has 0 aromatic heterocycles. The number of hydrogen-bond acceptors (Lipinski definition) is 2. The Balaban J connectivity index is 1.57. The minimum absolute atomic E-state index is 0.117. The van der Waals surface area contributed by atoms with E-state index in [1.807, 2.05) is 5.57 Å². The van der Waals surface area contributed by atoms with Gasteiger partial charge in [-0.3, -0.25) is 0 Å². The molecule has 0 aliphatic heterocycles. The molecule has 4 fully saturated rings. The van der Waals surface area contributed by atoms with Crippen LogP contribution >= 0.6 is 0 Å². The van der Waals surface area contributed by atoms with Gasteiger partial charge in [0.1, 0.15) is 0 Å². The van der Waals surface area contributed by atoms with Crippen LogP contribution in [0.2, 0.25) is 0 Å². The van der Waals surface area contributed by atoms with Crippen LogP contribution in [0.5, 0.6) is 0 Å². The van der Waals surface area contributed by atoms with Gasteiger partial charge in [0, 0.05) is 5.41 Å². The van der Waals surface area contributed by atoms with Crippen LogP contribution in [0.1, 0.15) is 113 Å². The Morgan fingerprint density at radius 1 is 0.844 bits per heavy atom. The highest BCUT2D eigenvalue weighted by atomic mass is 16.3. The lowest BCUT2D eigenvalue weighted by Gasteiger charge is -2.71. The van der Waals surface area contributed by atoms with Crippen molar-refractivity contribution in [1.29, 1.82) is 0 Å². The molecule has 2 heteroatoms. The highest BCUT2D eigenvalue weighted by Gasteiger charge is 2.68. The SMILES string of the molecule is CC1(C)CC[C@@]2(C)CC[C@@]3(C)C(=CC[C@H]4[C@]5(C)CC[C@@H](O)[C@](C)(CO)[C@H]5CC[C@@]43C)[C@@H]2C1. The maximum atomic E-state index is 10.9. The van der Waals surface area contributed by atoms with Crippen molar-refractivity contribution in [2.45, 2.75) is 119 Å². The fraction of sp³-hybridized carbons (Fsp3) is 0.933. The van der Waals surface area contributed by atoms with E-state index in [4.69, 9.17) is 0 Å². The summed E-state index contributed by atoms with van der Waals surface area (Å²) in [4.78, 5) is 0. The Hall–Kier alpha value is -0.340. The molecule has 5 aliphatic rings. The summed E-state index contributed by atoms with van der Waals surface area (Å²) in [6.07, 6.45) is 14.8. The first-order valence-corrected chi connectivity index (χ1v) is 13.8. The molecule has 2 N–H and O–H groups in total. The Morgan fingerprint density at radius 2 is 1.53 bits per heavy atom. The molecule has 0 aromatic carbocycles. The summed E-state index contributed by atoms with van der Waals surface area (Å²) < 4.78 is 0. The van der Waals surface area contributed by atoms with E-state index >= 15 is 0 Å². The van der Waals surface area contributed by atoms with Crippen LogP contribution in [0.25, 0.3) is 0 Å². The van der Waals surface area contributed by atoms with E-state index in [0.29, 0.717) is 33.5 Å². The van der Waals surface area contributed by atoms with Crippen molar-refractivity contribution < 1.29 is 10.2 Å². The van der Waals surface area contributed by atoms with Crippen LogP contribution in [0.3, 0.4) is 0 Å². The smallest absolute Gasteiger partial charge is 0.0618 e. The highest BCUT2D eigenvalue weighted by Crippen LogP contribution is 2.75. The summed E-state index contributed by atoms with van der Waals surface area (Å²) in [5.74, 6) is 1.83. The van der Waals surface area contributed by atoms with Gasteiger partial charge < -0.3 is 10.2 Å². The molecule has 32 heavy (non-hydrogen) atoms. The number of aliphatic hydroxyl groups excluding tert-OH is 2. The summed E-state index contributed by atoms with van der Waals surface area (Å²) >= 11 is 0. The average Bonchev–Trinajstić information content (AvgIpc) is 2.73. The largest absolute Gasteiger partial charge is 0.396 e. The zero-order valence-corrected chi connectivity index (χ0v) is 22.1. The third kappa shape index (κ3) is 2.78. The van der Waals surface area contributed by atoms with E-state index in [1.54, 1.807) is 0 Å². The minimum Gasteiger partial charge on any atom is -0.396 e. The van der Waals surface area contributed by atoms with Crippen molar-refractivity contribution in [3.63, 3.8) is 0 Å². The predicted molar refractivity (Wildman–Crippen MR) is 132 cm³/mol. The van der Waals surface area contributed by atoms with E-state index < -0.39 is 0 Å². The molecule has 9 atom stereocenters. The zero-order valence-electron chi connectivity index (χ0n) is 22.1. The summed E-state index contributed by atoms with van der Waals surface area (Å²) in [5, 5.41) is 21.3. The van der Waals surface area contributed by atoms with Gasteiger partial charge in [-0.1, -0.05) is 60.1 Å². The fourth-order valence-corrected chi connectivity index (χ4v) is 10.5. The topological polar surface area (TPSA) is 40.5 Å². The zero-order chi connectivity index (χ0) is 23.4. The van der Waals surface area contributed by atoms with Gasteiger partial charge in [0.05, 0.1) is 12.7 Å². The molecule has 5 aliphatic carbocycles. The Kier molecular flexibility index (Phi) is 5.02. The van der Waals surface area contributed by atoms with Crippen LogP contribution in [-0.2, 0) is 0 Å². The Bertz CT molecular complexity index is 814. The van der Waals surface area contributed by atoms with Crippen molar-refractivity contribution in [2.75, 3.05) is 6.61 Å². The molecule has 2 nitrogen and oxygen atoms in total. The number of hydrogen-bond donors (Lipinski definition) is 2. The molecule has 5 rings (SSSR count). The van der Waals surface area contributed by atoms with Gasteiger partial charge in [-0.2, -0.15) is 0 Å². The van der Waals surface area contributed by atoms with E-state index in [1.165, 1.54) is 44.9 Å². The van der Waals surface area contributed by atoms with Gasteiger partial charge in [0.25, 0.3) is 0 Å². The minimum atomic E-state index is -0.361. The summed E-state index contributed by atoms with van der Waals surface area (Å²) in [6, 6.07) is 0. The van der Waals surface area contributed by atoms with Crippen molar-refractivity contribution in [1.82, 2.24) is 0 Å². The van der Waals surface area contributed by atoms with Gasteiger partial charge in [-0.05, 0) is 109 Å². The van der Waals surface area contributed by atoms with Crippen molar-refractivity contribution >= 4 is 0 Å². The van der Waals surface area contributed by atoms with Crippen molar-refractivity contribution in [2.24, 2.45) is 50.2 Å². The lowest BCUT2D eigenvalue weighted by Crippen LogP contribution is -2.65.